The second kappa shape index (κ2) is 4.31. The summed E-state index contributed by atoms with van der Waals surface area (Å²) in [5, 5.41) is 0. The summed E-state index contributed by atoms with van der Waals surface area (Å²) in [6.07, 6.45) is 10.5. The molecule has 0 aromatic carbocycles. The van der Waals surface area contributed by atoms with Crippen LogP contribution in [0.4, 0.5) is 0 Å². The number of ketones is 2. The summed E-state index contributed by atoms with van der Waals surface area (Å²) in [5.41, 5.74) is 2.09. The van der Waals surface area contributed by atoms with Crippen molar-refractivity contribution in [1.29, 1.82) is 0 Å². The molecule has 0 heterocycles. The van der Waals surface area contributed by atoms with Crippen LogP contribution in [0.2, 0.25) is 0 Å². The van der Waals surface area contributed by atoms with Gasteiger partial charge in [-0.05, 0) is 61.2 Å². The van der Waals surface area contributed by atoms with Crippen LogP contribution in [0.25, 0.3) is 0 Å². The van der Waals surface area contributed by atoms with Gasteiger partial charge in [0.15, 0.2) is 5.78 Å². The minimum absolute atomic E-state index is 0.0686. The van der Waals surface area contributed by atoms with Crippen molar-refractivity contribution in [3.8, 4) is 0 Å². The van der Waals surface area contributed by atoms with E-state index >= 15 is 0 Å². The summed E-state index contributed by atoms with van der Waals surface area (Å²) in [5.74, 6) is 2.14. The van der Waals surface area contributed by atoms with Crippen molar-refractivity contribution in [2.75, 3.05) is 0 Å². The van der Waals surface area contributed by atoms with E-state index < -0.39 is 0 Å². The minimum Gasteiger partial charge on any atom is -0.299 e. The maximum absolute atomic E-state index is 12.4. The number of allylic oxidation sites excluding steroid dienone is 5. The Morgan fingerprint density at radius 3 is 2.73 bits per heavy atom. The maximum Gasteiger partial charge on any atom is 0.178 e. The molecular formula is C20H24O2. The lowest BCUT2D eigenvalue weighted by molar-refractivity contribution is -0.131. The van der Waals surface area contributed by atoms with Crippen LogP contribution < -0.4 is 0 Å². The summed E-state index contributed by atoms with van der Waals surface area (Å²) >= 11 is 0. The molecule has 0 aromatic heterocycles. The Bertz CT molecular complexity index is 653. The first-order valence-electron chi connectivity index (χ1n) is 8.53. The van der Waals surface area contributed by atoms with Crippen LogP contribution in [0, 0.1) is 28.6 Å². The summed E-state index contributed by atoms with van der Waals surface area (Å²) in [4.78, 5) is 24.2. The molecule has 4 rings (SSSR count). The first kappa shape index (κ1) is 14.2. The quantitative estimate of drug-likeness (QED) is 0.676. The minimum atomic E-state index is -0.104. The monoisotopic (exact) mass is 296 g/mol. The van der Waals surface area contributed by atoms with Gasteiger partial charge in [-0.15, -0.1) is 0 Å². The van der Waals surface area contributed by atoms with Gasteiger partial charge in [-0.1, -0.05) is 32.1 Å². The Hall–Kier alpha value is -1.44. The van der Waals surface area contributed by atoms with E-state index in [0.717, 1.165) is 43.3 Å². The molecule has 116 valence electrons. The van der Waals surface area contributed by atoms with E-state index in [1.165, 1.54) is 0 Å². The summed E-state index contributed by atoms with van der Waals surface area (Å²) in [6, 6.07) is 0. The average Bonchev–Trinajstić information content (AvgIpc) is 2.77. The van der Waals surface area contributed by atoms with Gasteiger partial charge in [-0.25, -0.2) is 0 Å². The van der Waals surface area contributed by atoms with Gasteiger partial charge in [-0.2, -0.15) is 0 Å². The number of hydrogen-bond donors (Lipinski definition) is 0. The van der Waals surface area contributed by atoms with Gasteiger partial charge in [0, 0.05) is 17.3 Å². The van der Waals surface area contributed by atoms with Crippen molar-refractivity contribution >= 4 is 11.6 Å². The lowest BCUT2D eigenvalue weighted by Crippen LogP contribution is -2.50. The van der Waals surface area contributed by atoms with Gasteiger partial charge in [-0.3, -0.25) is 9.59 Å². The van der Waals surface area contributed by atoms with E-state index in [0.29, 0.717) is 23.5 Å². The zero-order valence-corrected chi connectivity index (χ0v) is 13.5. The Kier molecular flexibility index (Phi) is 2.77. The SMILES string of the molecule is C=C1C[C@@H]2[C@H](CC[C@]3(C)C(=O)CC[C@@H]23)C2(C)C=CC(=O)C=C12. The van der Waals surface area contributed by atoms with Crippen molar-refractivity contribution in [3.05, 3.63) is 36.0 Å². The van der Waals surface area contributed by atoms with Crippen molar-refractivity contribution < 1.29 is 9.59 Å². The Balaban J connectivity index is 1.78. The molecule has 0 bridgehead atoms. The van der Waals surface area contributed by atoms with Gasteiger partial charge in [0.25, 0.3) is 0 Å². The third kappa shape index (κ3) is 1.61. The second-order valence-electron chi connectivity index (χ2n) is 8.18. The highest BCUT2D eigenvalue weighted by atomic mass is 16.1. The first-order chi connectivity index (χ1) is 10.4. The largest absolute Gasteiger partial charge is 0.299 e. The summed E-state index contributed by atoms with van der Waals surface area (Å²) in [7, 11) is 0. The molecule has 0 aliphatic heterocycles. The molecule has 0 aromatic rings. The highest BCUT2D eigenvalue weighted by Crippen LogP contribution is 2.64. The molecule has 0 amide bonds. The molecule has 5 atom stereocenters. The van der Waals surface area contributed by atoms with E-state index in [1.54, 1.807) is 12.2 Å². The number of hydrogen-bond acceptors (Lipinski definition) is 2. The van der Waals surface area contributed by atoms with Crippen LogP contribution in [-0.2, 0) is 9.59 Å². The highest BCUT2D eigenvalue weighted by Gasteiger charge is 2.59. The molecule has 4 aliphatic rings. The van der Waals surface area contributed by atoms with E-state index in [1.807, 2.05) is 0 Å². The standard InChI is InChI=1S/C20H24O2/c1-12-10-14-15-4-5-18(22)20(15,3)9-7-16(14)19(2)8-6-13(21)11-17(12)19/h6,8,11,14-16H,1,4-5,7,9-10H2,2-3H3/t14-,15-,16-,19?,20-/m0/s1. The lowest BCUT2D eigenvalue weighted by Gasteiger charge is -2.56. The zero-order chi connectivity index (χ0) is 15.7. The summed E-state index contributed by atoms with van der Waals surface area (Å²) in [6.45, 7) is 8.75. The molecule has 2 nitrogen and oxygen atoms in total. The molecular weight excluding hydrogens is 272 g/mol. The Morgan fingerprint density at radius 1 is 1.18 bits per heavy atom. The maximum atomic E-state index is 12.4. The fourth-order valence-electron chi connectivity index (χ4n) is 5.98. The number of Topliss-reactive ketones (excluding diaryl/α,β-unsaturated/α-hetero) is 1. The van der Waals surface area contributed by atoms with Gasteiger partial charge in [0.05, 0.1) is 0 Å². The van der Waals surface area contributed by atoms with Gasteiger partial charge < -0.3 is 0 Å². The Morgan fingerprint density at radius 2 is 1.95 bits per heavy atom. The van der Waals surface area contributed by atoms with Gasteiger partial charge >= 0.3 is 0 Å². The van der Waals surface area contributed by atoms with Crippen molar-refractivity contribution in [2.24, 2.45) is 28.6 Å². The van der Waals surface area contributed by atoms with Crippen LogP contribution in [0.15, 0.2) is 36.0 Å². The lowest BCUT2D eigenvalue weighted by atomic mass is 9.48. The number of carbonyl (C=O) groups is 2. The van der Waals surface area contributed by atoms with Gasteiger partial charge in [0.1, 0.15) is 5.78 Å². The van der Waals surface area contributed by atoms with E-state index in [2.05, 4.69) is 26.5 Å². The smallest absolute Gasteiger partial charge is 0.178 e. The van der Waals surface area contributed by atoms with Gasteiger partial charge in [0.2, 0.25) is 0 Å². The third-order valence-corrected chi connectivity index (χ3v) is 7.24. The number of carbonyl (C=O) groups excluding carboxylic acids is 2. The van der Waals surface area contributed by atoms with Crippen LogP contribution >= 0.6 is 0 Å². The molecule has 3 fully saturated rings. The first-order valence-corrected chi connectivity index (χ1v) is 8.53. The van der Waals surface area contributed by atoms with Crippen molar-refractivity contribution in [2.45, 2.75) is 46.0 Å². The fraction of sp³-hybridized carbons (Fsp3) is 0.600. The summed E-state index contributed by atoms with van der Waals surface area (Å²) < 4.78 is 0. The van der Waals surface area contributed by atoms with Crippen molar-refractivity contribution in [1.82, 2.24) is 0 Å². The molecule has 4 aliphatic carbocycles. The van der Waals surface area contributed by atoms with Crippen molar-refractivity contribution in [3.63, 3.8) is 0 Å². The average molecular weight is 296 g/mol. The molecule has 0 N–H and O–H groups in total. The molecule has 0 spiro atoms. The Labute approximate surface area is 132 Å². The predicted molar refractivity (Wildman–Crippen MR) is 86.1 cm³/mol. The molecule has 1 unspecified atom stereocenters. The highest BCUT2D eigenvalue weighted by molar-refractivity contribution is 6.02. The predicted octanol–water partition coefficient (Wildman–Crippen LogP) is 4.03. The zero-order valence-electron chi connectivity index (χ0n) is 13.5. The molecule has 2 heteroatoms. The van der Waals surface area contributed by atoms with Crippen LogP contribution in [0.1, 0.15) is 46.0 Å². The molecule has 3 saturated carbocycles. The molecule has 22 heavy (non-hydrogen) atoms. The van der Waals surface area contributed by atoms with E-state index in [9.17, 15) is 9.59 Å². The normalized spacial score (nSPS) is 46.9. The van der Waals surface area contributed by atoms with Crippen LogP contribution in [0.5, 0.6) is 0 Å². The van der Waals surface area contributed by atoms with Crippen LogP contribution in [0.3, 0.4) is 0 Å². The molecule has 0 saturated heterocycles. The number of fused-ring (bicyclic) bond motifs is 5. The second-order valence-corrected chi connectivity index (χ2v) is 8.18. The third-order valence-electron chi connectivity index (χ3n) is 7.24. The van der Waals surface area contributed by atoms with E-state index in [4.69, 9.17) is 0 Å². The topological polar surface area (TPSA) is 34.1 Å². The fourth-order valence-corrected chi connectivity index (χ4v) is 5.98. The number of rotatable bonds is 0. The van der Waals surface area contributed by atoms with Crippen LogP contribution in [-0.4, -0.2) is 11.6 Å². The van der Waals surface area contributed by atoms with E-state index in [-0.39, 0.29) is 16.6 Å². The molecule has 0 radical (unpaired) electrons.